The highest BCUT2D eigenvalue weighted by molar-refractivity contribution is 5.93. The molecule has 2 rings (SSSR count). The lowest BCUT2D eigenvalue weighted by Crippen LogP contribution is -2.40. The van der Waals surface area contributed by atoms with Crippen molar-refractivity contribution < 1.29 is 4.79 Å². The Morgan fingerprint density at radius 3 is 3.12 bits per heavy atom. The summed E-state index contributed by atoms with van der Waals surface area (Å²) < 4.78 is 0. The minimum atomic E-state index is 0.124. The molecular formula is C13H19N3O. The van der Waals surface area contributed by atoms with Gasteiger partial charge in [-0.25, -0.2) is 0 Å². The number of carbonyl (C=O) groups is 1. The normalized spacial score (nSPS) is 24.4. The van der Waals surface area contributed by atoms with E-state index in [1.807, 2.05) is 13.0 Å². The highest BCUT2D eigenvalue weighted by Crippen LogP contribution is 2.19. The second-order valence-corrected chi connectivity index (χ2v) is 4.76. The first-order chi connectivity index (χ1) is 8.16. The van der Waals surface area contributed by atoms with Crippen molar-refractivity contribution in [1.29, 1.82) is 0 Å². The molecule has 0 aliphatic carbocycles. The predicted molar refractivity (Wildman–Crippen MR) is 67.8 cm³/mol. The quantitative estimate of drug-likeness (QED) is 0.817. The van der Waals surface area contributed by atoms with Crippen molar-refractivity contribution in [3.63, 3.8) is 0 Å². The Bertz CT molecular complexity index is 405. The molecule has 0 spiro atoms. The summed E-state index contributed by atoms with van der Waals surface area (Å²) in [6.45, 7) is 5.00. The van der Waals surface area contributed by atoms with Gasteiger partial charge in [0.2, 0.25) is 5.91 Å². The van der Waals surface area contributed by atoms with E-state index in [0.29, 0.717) is 6.04 Å². The molecular weight excluding hydrogens is 214 g/mol. The zero-order valence-electron chi connectivity index (χ0n) is 10.4. The van der Waals surface area contributed by atoms with Crippen LogP contribution in [0.25, 0.3) is 0 Å². The Labute approximate surface area is 102 Å². The average Bonchev–Trinajstić information content (AvgIpc) is 2.32. The monoisotopic (exact) mass is 233 g/mol. The molecule has 1 aromatic heterocycles. The van der Waals surface area contributed by atoms with Gasteiger partial charge in [0.1, 0.15) is 0 Å². The zero-order chi connectivity index (χ0) is 12.3. The standard InChI is InChI=1S/C13H19N3O/c1-9-8-14-5-4-12(9)16-13(17)11-3-6-15-10(2)7-11/h4-5,8,10-11,15H,3,6-7H2,1-2H3,(H,14,16,17). The molecule has 2 atom stereocenters. The van der Waals surface area contributed by atoms with E-state index in [0.717, 1.165) is 30.6 Å². The molecule has 1 aliphatic rings. The van der Waals surface area contributed by atoms with Crippen molar-refractivity contribution in [2.24, 2.45) is 5.92 Å². The maximum absolute atomic E-state index is 12.1. The molecule has 0 saturated carbocycles. The van der Waals surface area contributed by atoms with E-state index < -0.39 is 0 Å². The number of nitrogens with zero attached hydrogens (tertiary/aromatic N) is 1. The Balaban J connectivity index is 1.99. The van der Waals surface area contributed by atoms with Gasteiger partial charge < -0.3 is 10.6 Å². The number of carbonyl (C=O) groups excluding carboxylic acids is 1. The predicted octanol–water partition coefficient (Wildman–Crippen LogP) is 1.72. The summed E-state index contributed by atoms with van der Waals surface area (Å²) in [5, 5.41) is 6.35. The Morgan fingerprint density at radius 1 is 1.59 bits per heavy atom. The maximum atomic E-state index is 12.1. The summed E-state index contributed by atoms with van der Waals surface area (Å²) >= 11 is 0. The number of anilines is 1. The lowest BCUT2D eigenvalue weighted by atomic mass is 9.92. The van der Waals surface area contributed by atoms with Gasteiger partial charge in [-0.2, -0.15) is 0 Å². The van der Waals surface area contributed by atoms with Crippen LogP contribution >= 0.6 is 0 Å². The van der Waals surface area contributed by atoms with Crippen molar-refractivity contribution in [1.82, 2.24) is 10.3 Å². The molecule has 2 unspecified atom stereocenters. The molecule has 0 radical (unpaired) electrons. The van der Waals surface area contributed by atoms with Gasteiger partial charge in [0.15, 0.2) is 0 Å². The maximum Gasteiger partial charge on any atom is 0.227 e. The van der Waals surface area contributed by atoms with Crippen LogP contribution in [0.1, 0.15) is 25.3 Å². The summed E-state index contributed by atoms with van der Waals surface area (Å²) in [7, 11) is 0. The smallest absolute Gasteiger partial charge is 0.227 e. The van der Waals surface area contributed by atoms with Crippen LogP contribution in [0, 0.1) is 12.8 Å². The molecule has 4 nitrogen and oxygen atoms in total. The molecule has 1 aromatic rings. The lowest BCUT2D eigenvalue weighted by molar-refractivity contribution is -0.120. The number of piperidine rings is 1. The number of hydrogen-bond donors (Lipinski definition) is 2. The lowest BCUT2D eigenvalue weighted by Gasteiger charge is -2.27. The van der Waals surface area contributed by atoms with E-state index in [1.54, 1.807) is 12.4 Å². The summed E-state index contributed by atoms with van der Waals surface area (Å²) in [4.78, 5) is 16.1. The molecule has 1 aliphatic heterocycles. The molecule has 0 aromatic carbocycles. The van der Waals surface area contributed by atoms with E-state index in [-0.39, 0.29) is 11.8 Å². The summed E-state index contributed by atoms with van der Waals surface area (Å²) in [6, 6.07) is 2.27. The minimum Gasteiger partial charge on any atom is -0.325 e. The molecule has 1 saturated heterocycles. The van der Waals surface area contributed by atoms with E-state index >= 15 is 0 Å². The SMILES string of the molecule is Cc1cnccc1NC(=O)C1CCNC(C)C1. The van der Waals surface area contributed by atoms with Gasteiger partial charge in [-0.15, -0.1) is 0 Å². The van der Waals surface area contributed by atoms with Gasteiger partial charge in [-0.1, -0.05) is 0 Å². The number of pyridine rings is 1. The Hall–Kier alpha value is -1.42. The topological polar surface area (TPSA) is 54.0 Å². The van der Waals surface area contributed by atoms with E-state index in [2.05, 4.69) is 22.5 Å². The van der Waals surface area contributed by atoms with Crippen molar-refractivity contribution in [2.75, 3.05) is 11.9 Å². The first kappa shape index (κ1) is 12.0. The third-order valence-corrected chi connectivity index (χ3v) is 3.27. The summed E-state index contributed by atoms with van der Waals surface area (Å²) in [5.41, 5.74) is 1.87. The number of hydrogen-bond acceptors (Lipinski definition) is 3. The highest BCUT2D eigenvalue weighted by atomic mass is 16.1. The number of aromatic nitrogens is 1. The second-order valence-electron chi connectivity index (χ2n) is 4.76. The second kappa shape index (κ2) is 5.27. The van der Waals surface area contributed by atoms with Crippen molar-refractivity contribution in [3.05, 3.63) is 24.0 Å². The van der Waals surface area contributed by atoms with E-state index in [1.165, 1.54) is 0 Å². The zero-order valence-corrected chi connectivity index (χ0v) is 10.4. The Morgan fingerprint density at radius 2 is 2.41 bits per heavy atom. The summed E-state index contributed by atoms with van der Waals surface area (Å²) in [5.74, 6) is 0.256. The molecule has 2 heterocycles. The number of rotatable bonds is 2. The molecule has 17 heavy (non-hydrogen) atoms. The fraction of sp³-hybridized carbons (Fsp3) is 0.538. The van der Waals surface area contributed by atoms with E-state index in [4.69, 9.17) is 0 Å². The highest BCUT2D eigenvalue weighted by Gasteiger charge is 2.24. The number of amides is 1. The van der Waals surface area contributed by atoms with Crippen LogP contribution in [0.15, 0.2) is 18.5 Å². The molecule has 2 N–H and O–H groups in total. The van der Waals surface area contributed by atoms with Gasteiger partial charge >= 0.3 is 0 Å². The number of nitrogens with one attached hydrogen (secondary N) is 2. The van der Waals surface area contributed by atoms with Crippen molar-refractivity contribution in [3.8, 4) is 0 Å². The van der Waals surface area contributed by atoms with Gasteiger partial charge in [0.25, 0.3) is 0 Å². The van der Waals surface area contributed by atoms with E-state index in [9.17, 15) is 4.79 Å². The molecule has 1 fully saturated rings. The molecule has 1 amide bonds. The third kappa shape index (κ3) is 3.03. The van der Waals surface area contributed by atoms with Crippen LogP contribution in [0.5, 0.6) is 0 Å². The van der Waals surface area contributed by atoms with Crippen LogP contribution in [0.3, 0.4) is 0 Å². The first-order valence-corrected chi connectivity index (χ1v) is 6.11. The molecule has 0 bridgehead atoms. The fourth-order valence-electron chi connectivity index (χ4n) is 2.22. The summed E-state index contributed by atoms with van der Waals surface area (Å²) in [6.07, 6.45) is 5.30. The van der Waals surface area contributed by atoms with Crippen LogP contribution < -0.4 is 10.6 Å². The first-order valence-electron chi connectivity index (χ1n) is 6.11. The number of aryl methyl sites for hydroxylation is 1. The van der Waals surface area contributed by atoms with Gasteiger partial charge in [-0.05, 0) is 44.9 Å². The largest absolute Gasteiger partial charge is 0.325 e. The molecule has 92 valence electrons. The fourth-order valence-corrected chi connectivity index (χ4v) is 2.22. The minimum absolute atomic E-state index is 0.124. The van der Waals surface area contributed by atoms with Crippen LogP contribution in [0.2, 0.25) is 0 Å². The molecule has 4 heteroatoms. The average molecular weight is 233 g/mol. The van der Waals surface area contributed by atoms with Crippen LogP contribution in [-0.2, 0) is 4.79 Å². The Kier molecular flexibility index (Phi) is 3.74. The van der Waals surface area contributed by atoms with Gasteiger partial charge in [0.05, 0.1) is 0 Å². The van der Waals surface area contributed by atoms with Crippen molar-refractivity contribution >= 4 is 11.6 Å². The third-order valence-electron chi connectivity index (χ3n) is 3.27. The van der Waals surface area contributed by atoms with Gasteiger partial charge in [0, 0.05) is 30.0 Å². The van der Waals surface area contributed by atoms with Crippen molar-refractivity contribution in [2.45, 2.75) is 32.7 Å². The van der Waals surface area contributed by atoms with Gasteiger partial charge in [-0.3, -0.25) is 9.78 Å². The van der Waals surface area contributed by atoms with Crippen LogP contribution in [-0.4, -0.2) is 23.5 Å². The van der Waals surface area contributed by atoms with Crippen LogP contribution in [0.4, 0.5) is 5.69 Å².